The summed E-state index contributed by atoms with van der Waals surface area (Å²) in [5.41, 5.74) is 0.0508. The Morgan fingerprint density at radius 1 is 1.53 bits per heavy atom. The zero-order valence-corrected chi connectivity index (χ0v) is 11.3. The third-order valence-corrected chi connectivity index (χ3v) is 3.34. The highest BCUT2D eigenvalue weighted by Crippen LogP contribution is 2.24. The molecule has 1 aromatic carbocycles. The second kappa shape index (κ2) is 6.02. The van der Waals surface area contributed by atoms with E-state index in [1.807, 2.05) is 7.05 Å². The lowest BCUT2D eigenvalue weighted by atomic mass is 10.2. The van der Waals surface area contributed by atoms with Crippen LogP contribution in [0.3, 0.4) is 0 Å². The Hall–Kier alpha value is -1.62. The topological polar surface area (TPSA) is 41.6 Å². The van der Waals surface area contributed by atoms with Crippen LogP contribution in [0.25, 0.3) is 0 Å². The summed E-state index contributed by atoms with van der Waals surface area (Å²) in [6, 6.07) is 4.89. The Bertz CT molecular complexity index is 461. The summed E-state index contributed by atoms with van der Waals surface area (Å²) in [5, 5.41) is 2.73. The lowest BCUT2D eigenvalue weighted by Crippen LogP contribution is -2.34. The van der Waals surface area contributed by atoms with Gasteiger partial charge >= 0.3 is 0 Å². The summed E-state index contributed by atoms with van der Waals surface area (Å²) >= 11 is 0. The summed E-state index contributed by atoms with van der Waals surface area (Å²) in [5.74, 6) is -0.542. The van der Waals surface area contributed by atoms with Crippen LogP contribution in [0.2, 0.25) is 0 Å². The molecule has 0 unspecified atom stereocenters. The number of likely N-dealkylation sites (N-methyl/N-ethyl adjacent to an activating group) is 1. The molecule has 1 aromatic rings. The number of amides is 1. The van der Waals surface area contributed by atoms with Crippen molar-refractivity contribution in [3.05, 3.63) is 29.6 Å². The van der Waals surface area contributed by atoms with Crippen LogP contribution in [0, 0.1) is 5.82 Å². The van der Waals surface area contributed by atoms with Crippen LogP contribution < -0.4 is 10.1 Å². The SMILES string of the molecule is COc1ccc(C(=O)NCCN(C)C2CC2)c(F)c1. The largest absolute Gasteiger partial charge is 0.497 e. The van der Waals surface area contributed by atoms with Gasteiger partial charge in [-0.2, -0.15) is 0 Å². The number of carbonyl (C=O) groups excluding carboxylic acids is 1. The molecule has 4 nitrogen and oxygen atoms in total. The molecule has 0 heterocycles. The number of nitrogens with one attached hydrogen (secondary N) is 1. The van der Waals surface area contributed by atoms with Crippen molar-refractivity contribution < 1.29 is 13.9 Å². The quantitative estimate of drug-likeness (QED) is 0.851. The van der Waals surface area contributed by atoms with Gasteiger partial charge < -0.3 is 15.0 Å². The first kappa shape index (κ1) is 13.8. The average molecular weight is 266 g/mol. The minimum Gasteiger partial charge on any atom is -0.497 e. The van der Waals surface area contributed by atoms with Crippen molar-refractivity contribution >= 4 is 5.91 Å². The second-order valence-corrected chi connectivity index (χ2v) is 4.81. The molecule has 1 N–H and O–H groups in total. The van der Waals surface area contributed by atoms with Gasteiger partial charge in [-0.15, -0.1) is 0 Å². The fourth-order valence-electron chi connectivity index (χ4n) is 1.95. The van der Waals surface area contributed by atoms with E-state index in [9.17, 15) is 9.18 Å². The minimum absolute atomic E-state index is 0.0508. The zero-order chi connectivity index (χ0) is 13.8. The van der Waals surface area contributed by atoms with Gasteiger partial charge in [-0.3, -0.25) is 4.79 Å². The van der Waals surface area contributed by atoms with Crippen LogP contribution in [0.15, 0.2) is 18.2 Å². The predicted octanol–water partition coefficient (Wildman–Crippen LogP) is 1.66. The van der Waals surface area contributed by atoms with E-state index >= 15 is 0 Å². The van der Waals surface area contributed by atoms with Crippen molar-refractivity contribution in [3.63, 3.8) is 0 Å². The lowest BCUT2D eigenvalue weighted by molar-refractivity contribution is 0.0945. The highest BCUT2D eigenvalue weighted by molar-refractivity contribution is 5.94. The third-order valence-electron chi connectivity index (χ3n) is 3.34. The summed E-state index contributed by atoms with van der Waals surface area (Å²) in [7, 11) is 3.50. The molecule has 5 heteroatoms. The summed E-state index contributed by atoms with van der Waals surface area (Å²) < 4.78 is 18.6. The number of rotatable bonds is 6. The van der Waals surface area contributed by atoms with Gasteiger partial charge in [0.25, 0.3) is 5.91 Å². The molecule has 19 heavy (non-hydrogen) atoms. The number of halogens is 1. The maximum atomic E-state index is 13.7. The van der Waals surface area contributed by atoms with Crippen molar-refractivity contribution in [2.24, 2.45) is 0 Å². The monoisotopic (exact) mass is 266 g/mol. The van der Waals surface area contributed by atoms with Gasteiger partial charge in [0.15, 0.2) is 0 Å². The van der Waals surface area contributed by atoms with E-state index in [2.05, 4.69) is 10.2 Å². The minimum atomic E-state index is -0.563. The molecule has 0 atom stereocenters. The highest BCUT2D eigenvalue weighted by atomic mass is 19.1. The Kier molecular flexibility index (Phi) is 4.37. The van der Waals surface area contributed by atoms with Gasteiger partial charge in [0.05, 0.1) is 12.7 Å². The Balaban J connectivity index is 1.85. The lowest BCUT2D eigenvalue weighted by Gasteiger charge is -2.15. The molecule has 0 aromatic heterocycles. The first-order chi connectivity index (χ1) is 9.11. The molecule has 0 spiro atoms. The predicted molar refractivity (Wildman–Crippen MR) is 70.9 cm³/mol. The number of carbonyl (C=O) groups is 1. The Morgan fingerprint density at radius 3 is 2.84 bits per heavy atom. The molecule has 1 amide bonds. The average Bonchev–Trinajstić information content (AvgIpc) is 3.22. The van der Waals surface area contributed by atoms with Gasteiger partial charge in [-0.25, -0.2) is 4.39 Å². The molecule has 2 rings (SSSR count). The molecule has 0 bridgehead atoms. The van der Waals surface area contributed by atoms with E-state index in [0.29, 0.717) is 18.3 Å². The molecule has 1 saturated carbocycles. The van der Waals surface area contributed by atoms with Gasteiger partial charge in [-0.05, 0) is 32.0 Å². The van der Waals surface area contributed by atoms with Gasteiger partial charge in [0.2, 0.25) is 0 Å². The standard InChI is InChI=1S/C14H19FN2O2/c1-17(10-3-4-10)8-7-16-14(18)12-6-5-11(19-2)9-13(12)15/h5-6,9-10H,3-4,7-8H2,1-2H3,(H,16,18). The number of hydrogen-bond donors (Lipinski definition) is 1. The Labute approximate surface area is 112 Å². The summed E-state index contributed by atoms with van der Waals surface area (Å²) in [6.07, 6.45) is 2.47. The molecule has 104 valence electrons. The van der Waals surface area contributed by atoms with Crippen molar-refractivity contribution in [1.29, 1.82) is 0 Å². The number of nitrogens with zero attached hydrogens (tertiary/aromatic N) is 1. The fourth-order valence-corrected chi connectivity index (χ4v) is 1.95. The van der Waals surface area contributed by atoms with Crippen LogP contribution in [-0.2, 0) is 0 Å². The molecule has 0 radical (unpaired) electrons. The van der Waals surface area contributed by atoms with E-state index in [-0.39, 0.29) is 11.5 Å². The maximum absolute atomic E-state index is 13.7. The smallest absolute Gasteiger partial charge is 0.254 e. The van der Waals surface area contributed by atoms with Crippen LogP contribution in [0.1, 0.15) is 23.2 Å². The van der Waals surface area contributed by atoms with Crippen LogP contribution >= 0.6 is 0 Å². The summed E-state index contributed by atoms with van der Waals surface area (Å²) in [4.78, 5) is 14.0. The summed E-state index contributed by atoms with van der Waals surface area (Å²) in [6.45, 7) is 1.31. The van der Waals surface area contributed by atoms with Crippen molar-refractivity contribution in [1.82, 2.24) is 10.2 Å². The van der Waals surface area contributed by atoms with Gasteiger partial charge in [-0.1, -0.05) is 0 Å². The molecule has 1 aliphatic carbocycles. The van der Waals surface area contributed by atoms with E-state index in [4.69, 9.17) is 4.74 Å². The number of ether oxygens (including phenoxy) is 1. The first-order valence-corrected chi connectivity index (χ1v) is 6.44. The van der Waals surface area contributed by atoms with Gasteiger partial charge in [0.1, 0.15) is 11.6 Å². The first-order valence-electron chi connectivity index (χ1n) is 6.44. The maximum Gasteiger partial charge on any atom is 0.254 e. The van der Waals surface area contributed by atoms with E-state index < -0.39 is 5.82 Å². The molecular weight excluding hydrogens is 247 g/mol. The van der Waals surface area contributed by atoms with Crippen molar-refractivity contribution in [2.45, 2.75) is 18.9 Å². The second-order valence-electron chi connectivity index (χ2n) is 4.81. The number of methoxy groups -OCH3 is 1. The van der Waals surface area contributed by atoms with Crippen LogP contribution in [0.5, 0.6) is 5.75 Å². The van der Waals surface area contributed by atoms with Crippen molar-refractivity contribution in [2.75, 3.05) is 27.2 Å². The molecule has 1 fully saturated rings. The zero-order valence-electron chi connectivity index (χ0n) is 11.3. The molecule has 1 aliphatic rings. The van der Waals surface area contributed by atoms with E-state index in [1.165, 1.54) is 32.1 Å². The highest BCUT2D eigenvalue weighted by Gasteiger charge is 2.25. The number of benzene rings is 1. The fraction of sp³-hybridized carbons (Fsp3) is 0.500. The molecule has 0 saturated heterocycles. The molecule has 0 aliphatic heterocycles. The number of hydrogen-bond acceptors (Lipinski definition) is 3. The van der Waals surface area contributed by atoms with E-state index in [0.717, 1.165) is 6.54 Å². The van der Waals surface area contributed by atoms with Crippen LogP contribution in [-0.4, -0.2) is 44.1 Å². The normalized spacial score (nSPS) is 14.5. The molecular formula is C14H19FN2O2. The Morgan fingerprint density at radius 2 is 2.26 bits per heavy atom. The van der Waals surface area contributed by atoms with E-state index in [1.54, 1.807) is 6.07 Å². The third kappa shape index (κ3) is 3.67. The van der Waals surface area contributed by atoms with Crippen LogP contribution in [0.4, 0.5) is 4.39 Å². The van der Waals surface area contributed by atoms with Gasteiger partial charge in [0, 0.05) is 25.2 Å². The van der Waals surface area contributed by atoms with Crippen molar-refractivity contribution in [3.8, 4) is 5.75 Å².